The molecule has 2 heterocycles. The average molecular weight is 368 g/mol. The fourth-order valence-electron chi connectivity index (χ4n) is 2.22. The van der Waals surface area contributed by atoms with Crippen molar-refractivity contribution in [1.82, 2.24) is 9.97 Å². The molecule has 3 rings (SSSR count). The van der Waals surface area contributed by atoms with E-state index in [4.69, 9.17) is 4.74 Å². The Hall–Kier alpha value is -3.06. The Morgan fingerprint density at radius 3 is 2.54 bits per heavy atom. The van der Waals surface area contributed by atoms with Gasteiger partial charge in [0.1, 0.15) is 10.8 Å². The predicted molar refractivity (Wildman–Crippen MR) is 96.8 cm³/mol. The van der Waals surface area contributed by atoms with Crippen LogP contribution in [0.4, 0.5) is 0 Å². The Labute approximate surface area is 154 Å². The minimum absolute atomic E-state index is 0.0766. The number of carbonyl (C=O) groups is 2. The molecule has 0 N–H and O–H groups in total. The quantitative estimate of drug-likeness (QED) is 0.491. The van der Waals surface area contributed by atoms with Crippen LogP contribution in [0.5, 0.6) is 5.75 Å². The maximum absolute atomic E-state index is 12.1. The molecule has 0 atom stereocenters. The van der Waals surface area contributed by atoms with Crippen LogP contribution < -0.4 is 4.74 Å². The van der Waals surface area contributed by atoms with Crippen molar-refractivity contribution >= 4 is 23.3 Å². The van der Waals surface area contributed by atoms with E-state index in [1.54, 1.807) is 30.5 Å². The van der Waals surface area contributed by atoms with Crippen molar-refractivity contribution in [3.05, 3.63) is 65.3 Å². The molecule has 0 radical (unpaired) electrons. The number of carbonyl (C=O) groups excluding carboxylic acids is 2. The highest BCUT2D eigenvalue weighted by Crippen LogP contribution is 2.22. The van der Waals surface area contributed by atoms with Gasteiger partial charge >= 0.3 is 11.9 Å². The van der Waals surface area contributed by atoms with E-state index in [0.29, 0.717) is 11.4 Å². The third-order valence-electron chi connectivity index (χ3n) is 3.49. The van der Waals surface area contributed by atoms with Crippen molar-refractivity contribution in [3.63, 3.8) is 0 Å². The highest BCUT2D eigenvalue weighted by atomic mass is 32.1. The Kier molecular flexibility index (Phi) is 5.70. The summed E-state index contributed by atoms with van der Waals surface area (Å²) in [5.74, 6) is -0.297. The van der Waals surface area contributed by atoms with Gasteiger partial charge in [0.15, 0.2) is 0 Å². The smallest absolute Gasteiger partial charge is 0.317 e. The largest absolute Gasteiger partial charge is 0.469 e. The van der Waals surface area contributed by atoms with Crippen LogP contribution in [0, 0.1) is 0 Å². The summed E-state index contributed by atoms with van der Waals surface area (Å²) in [6.07, 6.45) is 1.96. The molecule has 0 aliphatic heterocycles. The molecule has 0 unspecified atom stereocenters. The van der Waals surface area contributed by atoms with E-state index >= 15 is 0 Å². The van der Waals surface area contributed by atoms with Gasteiger partial charge in [-0.05, 0) is 29.8 Å². The third kappa shape index (κ3) is 4.73. The number of hydrogen-bond donors (Lipinski definition) is 0. The number of pyridine rings is 1. The maximum atomic E-state index is 12.1. The summed E-state index contributed by atoms with van der Waals surface area (Å²) < 4.78 is 9.93. The first-order valence-electron chi connectivity index (χ1n) is 7.86. The molecule has 0 bridgehead atoms. The number of benzene rings is 1. The minimum atomic E-state index is -0.399. The van der Waals surface area contributed by atoms with E-state index in [9.17, 15) is 9.59 Å². The Morgan fingerprint density at radius 1 is 1.04 bits per heavy atom. The Morgan fingerprint density at radius 2 is 1.85 bits per heavy atom. The highest BCUT2D eigenvalue weighted by molar-refractivity contribution is 7.13. The molecule has 7 heteroatoms. The van der Waals surface area contributed by atoms with Gasteiger partial charge in [0.2, 0.25) is 0 Å². The fraction of sp³-hybridized carbons (Fsp3) is 0.158. The van der Waals surface area contributed by atoms with Gasteiger partial charge in [-0.3, -0.25) is 14.6 Å². The second-order valence-corrected chi connectivity index (χ2v) is 6.26. The van der Waals surface area contributed by atoms with Crippen LogP contribution in [-0.4, -0.2) is 29.0 Å². The molecule has 0 aliphatic carbocycles. The van der Waals surface area contributed by atoms with E-state index in [-0.39, 0.29) is 18.8 Å². The van der Waals surface area contributed by atoms with Gasteiger partial charge in [0.05, 0.1) is 31.3 Å². The number of nitrogens with zero attached hydrogens (tertiary/aromatic N) is 2. The average Bonchev–Trinajstić information content (AvgIpc) is 3.12. The van der Waals surface area contributed by atoms with Crippen LogP contribution in [0.3, 0.4) is 0 Å². The van der Waals surface area contributed by atoms with Crippen LogP contribution in [0.25, 0.3) is 10.7 Å². The number of rotatable bonds is 6. The number of hydrogen-bond acceptors (Lipinski definition) is 7. The highest BCUT2D eigenvalue weighted by Gasteiger charge is 2.12. The SMILES string of the molecule is COC(=O)Cc1ccc(OC(=O)Cc2csc(-c3ccccn3)n2)cc1. The molecular formula is C19H16N2O4S. The van der Waals surface area contributed by atoms with E-state index < -0.39 is 5.97 Å². The molecule has 3 aromatic rings. The molecule has 2 aromatic heterocycles. The summed E-state index contributed by atoms with van der Waals surface area (Å²) in [6.45, 7) is 0. The van der Waals surface area contributed by atoms with Crippen LogP contribution in [0.15, 0.2) is 54.0 Å². The van der Waals surface area contributed by atoms with Crippen molar-refractivity contribution in [2.45, 2.75) is 12.8 Å². The first-order chi connectivity index (χ1) is 12.6. The molecular weight excluding hydrogens is 352 g/mol. The van der Waals surface area contributed by atoms with E-state index in [1.807, 2.05) is 23.6 Å². The molecule has 0 saturated heterocycles. The Balaban J connectivity index is 1.57. The summed E-state index contributed by atoms with van der Waals surface area (Å²) in [5.41, 5.74) is 2.21. The number of esters is 2. The zero-order valence-electron chi connectivity index (χ0n) is 14.0. The zero-order chi connectivity index (χ0) is 18.4. The van der Waals surface area contributed by atoms with E-state index in [0.717, 1.165) is 16.3 Å². The van der Waals surface area contributed by atoms with Crippen molar-refractivity contribution in [2.24, 2.45) is 0 Å². The molecule has 26 heavy (non-hydrogen) atoms. The predicted octanol–water partition coefficient (Wildman–Crippen LogP) is 3.07. The first-order valence-corrected chi connectivity index (χ1v) is 8.74. The summed E-state index contributed by atoms with van der Waals surface area (Å²) in [7, 11) is 1.34. The summed E-state index contributed by atoms with van der Waals surface area (Å²) >= 11 is 1.44. The molecule has 1 aromatic carbocycles. The van der Waals surface area contributed by atoms with Crippen molar-refractivity contribution in [3.8, 4) is 16.5 Å². The standard InChI is InChI=1S/C19H16N2O4S/c1-24-17(22)10-13-5-7-15(8-6-13)25-18(23)11-14-12-26-19(21-14)16-4-2-3-9-20-16/h2-9,12H,10-11H2,1H3. The van der Waals surface area contributed by atoms with E-state index in [1.165, 1.54) is 18.4 Å². The number of aromatic nitrogens is 2. The Bertz CT molecular complexity index is 891. The number of methoxy groups -OCH3 is 1. The van der Waals surface area contributed by atoms with Gasteiger partial charge < -0.3 is 9.47 Å². The van der Waals surface area contributed by atoms with Gasteiger partial charge in [0.25, 0.3) is 0 Å². The lowest BCUT2D eigenvalue weighted by atomic mass is 10.1. The van der Waals surface area contributed by atoms with Gasteiger partial charge in [-0.2, -0.15) is 0 Å². The lowest BCUT2D eigenvalue weighted by Gasteiger charge is -2.05. The van der Waals surface area contributed by atoms with E-state index in [2.05, 4.69) is 14.7 Å². The lowest BCUT2D eigenvalue weighted by molar-refractivity contribution is -0.139. The number of thiazole rings is 1. The van der Waals surface area contributed by atoms with Crippen molar-refractivity contribution < 1.29 is 19.1 Å². The molecule has 0 amide bonds. The van der Waals surface area contributed by atoms with Gasteiger partial charge in [0, 0.05) is 11.6 Å². The van der Waals surface area contributed by atoms with Crippen molar-refractivity contribution in [2.75, 3.05) is 7.11 Å². The molecule has 132 valence electrons. The molecule has 0 aliphatic rings. The first kappa shape index (κ1) is 17.8. The normalized spacial score (nSPS) is 10.3. The topological polar surface area (TPSA) is 78.4 Å². The molecule has 0 spiro atoms. The molecule has 6 nitrogen and oxygen atoms in total. The van der Waals surface area contributed by atoms with Gasteiger partial charge in [-0.1, -0.05) is 18.2 Å². The maximum Gasteiger partial charge on any atom is 0.317 e. The monoisotopic (exact) mass is 368 g/mol. The van der Waals surface area contributed by atoms with Crippen molar-refractivity contribution in [1.29, 1.82) is 0 Å². The lowest BCUT2D eigenvalue weighted by Crippen LogP contribution is -2.11. The van der Waals surface area contributed by atoms with Gasteiger partial charge in [-0.15, -0.1) is 11.3 Å². The second-order valence-electron chi connectivity index (χ2n) is 5.41. The zero-order valence-corrected chi connectivity index (χ0v) is 14.9. The van der Waals surface area contributed by atoms with Crippen LogP contribution >= 0.6 is 11.3 Å². The number of ether oxygens (including phenoxy) is 2. The van der Waals surface area contributed by atoms with Crippen LogP contribution in [0.1, 0.15) is 11.3 Å². The molecule has 0 fully saturated rings. The minimum Gasteiger partial charge on any atom is -0.469 e. The summed E-state index contributed by atoms with van der Waals surface area (Å²) in [5, 5.41) is 2.59. The van der Waals surface area contributed by atoms with Crippen LogP contribution in [0.2, 0.25) is 0 Å². The second kappa shape index (κ2) is 8.35. The fourth-order valence-corrected chi connectivity index (χ4v) is 3.02. The van der Waals surface area contributed by atoms with Gasteiger partial charge in [-0.25, -0.2) is 4.98 Å². The molecule has 0 saturated carbocycles. The third-order valence-corrected chi connectivity index (χ3v) is 4.41. The van der Waals surface area contributed by atoms with Crippen LogP contribution in [-0.2, 0) is 27.2 Å². The summed E-state index contributed by atoms with van der Waals surface area (Å²) in [4.78, 5) is 32.0. The summed E-state index contributed by atoms with van der Waals surface area (Å²) in [6, 6.07) is 12.3.